The topological polar surface area (TPSA) is 58.2 Å². The van der Waals surface area contributed by atoms with Crippen molar-refractivity contribution < 1.29 is 9.59 Å². The summed E-state index contributed by atoms with van der Waals surface area (Å²) in [7, 11) is 0. The second-order valence-corrected chi connectivity index (χ2v) is 5.92. The van der Waals surface area contributed by atoms with Gasteiger partial charge in [0.05, 0.1) is 11.8 Å². The molecule has 4 atom stereocenters. The highest BCUT2D eigenvalue weighted by atomic mass is 16.2. The third-order valence-corrected chi connectivity index (χ3v) is 4.45. The van der Waals surface area contributed by atoms with Gasteiger partial charge in [-0.25, -0.2) is 0 Å². The van der Waals surface area contributed by atoms with Gasteiger partial charge in [-0.1, -0.05) is 26.0 Å². The maximum Gasteiger partial charge on any atom is 0.224 e. The van der Waals surface area contributed by atoms with E-state index in [1.807, 2.05) is 13.8 Å². The summed E-state index contributed by atoms with van der Waals surface area (Å²) in [6.45, 7) is 5.47. The van der Waals surface area contributed by atoms with Gasteiger partial charge in [0, 0.05) is 13.1 Å². The first-order valence-corrected chi connectivity index (χ1v) is 7.92. The molecule has 3 aliphatic rings. The summed E-state index contributed by atoms with van der Waals surface area (Å²) in [5.74, 6) is 0.220. The Hall–Kier alpha value is -1.32. The lowest BCUT2D eigenvalue weighted by molar-refractivity contribution is -0.140. The maximum absolute atomic E-state index is 12.4. The van der Waals surface area contributed by atoms with Crippen LogP contribution >= 0.6 is 0 Å². The van der Waals surface area contributed by atoms with E-state index in [9.17, 15) is 9.59 Å². The van der Waals surface area contributed by atoms with Crippen LogP contribution < -0.4 is 10.6 Å². The first-order chi connectivity index (χ1) is 9.69. The minimum Gasteiger partial charge on any atom is -0.356 e. The minimum absolute atomic E-state index is 0.0579. The average Bonchev–Trinajstić information content (AvgIpc) is 2.50. The smallest absolute Gasteiger partial charge is 0.224 e. The van der Waals surface area contributed by atoms with Crippen LogP contribution in [0, 0.1) is 23.7 Å². The number of hydrogen-bond acceptors (Lipinski definition) is 2. The highest BCUT2D eigenvalue weighted by Crippen LogP contribution is 2.45. The SMILES string of the molecule is CCCNC(=O)C1C2C=CC(CC2)C1C(=O)NCCC. The molecule has 4 nitrogen and oxygen atoms in total. The summed E-state index contributed by atoms with van der Waals surface area (Å²) >= 11 is 0. The Kier molecular flexibility index (Phi) is 5.21. The zero-order chi connectivity index (χ0) is 14.5. The van der Waals surface area contributed by atoms with Gasteiger partial charge >= 0.3 is 0 Å². The monoisotopic (exact) mass is 278 g/mol. The zero-order valence-corrected chi connectivity index (χ0v) is 12.5. The lowest BCUT2D eigenvalue weighted by Gasteiger charge is -2.43. The van der Waals surface area contributed by atoms with Crippen molar-refractivity contribution >= 4 is 11.8 Å². The molecule has 0 aromatic carbocycles. The quantitative estimate of drug-likeness (QED) is 0.729. The van der Waals surface area contributed by atoms with E-state index in [4.69, 9.17) is 0 Å². The molecule has 0 radical (unpaired) electrons. The molecule has 1 fully saturated rings. The Morgan fingerprint density at radius 2 is 1.30 bits per heavy atom. The lowest BCUT2D eigenvalue weighted by Crippen LogP contribution is -2.52. The molecule has 20 heavy (non-hydrogen) atoms. The number of nitrogens with one attached hydrogen (secondary N) is 2. The third-order valence-electron chi connectivity index (χ3n) is 4.45. The van der Waals surface area contributed by atoms with Crippen molar-refractivity contribution in [1.82, 2.24) is 10.6 Å². The summed E-state index contributed by atoms with van der Waals surface area (Å²) in [5, 5.41) is 5.95. The summed E-state index contributed by atoms with van der Waals surface area (Å²) in [4.78, 5) is 24.8. The van der Waals surface area contributed by atoms with E-state index in [2.05, 4.69) is 22.8 Å². The molecule has 112 valence electrons. The minimum atomic E-state index is -0.179. The Morgan fingerprint density at radius 1 is 0.900 bits per heavy atom. The van der Waals surface area contributed by atoms with Gasteiger partial charge in [0.2, 0.25) is 11.8 Å². The Balaban J connectivity index is 2.11. The number of hydrogen-bond donors (Lipinski definition) is 2. The van der Waals surface area contributed by atoms with E-state index >= 15 is 0 Å². The Labute approximate surface area is 121 Å². The summed E-state index contributed by atoms with van der Waals surface area (Å²) in [5.41, 5.74) is 0. The second-order valence-electron chi connectivity index (χ2n) is 5.92. The fraction of sp³-hybridized carbons (Fsp3) is 0.750. The van der Waals surface area contributed by atoms with Gasteiger partial charge in [-0.15, -0.1) is 0 Å². The average molecular weight is 278 g/mol. The third kappa shape index (κ3) is 3.05. The summed E-state index contributed by atoms with van der Waals surface area (Å²) < 4.78 is 0. The van der Waals surface area contributed by atoms with Gasteiger partial charge in [-0.05, 0) is 37.5 Å². The van der Waals surface area contributed by atoms with Crippen LogP contribution in [0.4, 0.5) is 0 Å². The van der Waals surface area contributed by atoms with Crippen LogP contribution in [0.15, 0.2) is 12.2 Å². The Morgan fingerprint density at radius 3 is 1.60 bits per heavy atom. The molecular formula is C16H26N2O2. The predicted molar refractivity (Wildman–Crippen MR) is 78.9 cm³/mol. The van der Waals surface area contributed by atoms with Crippen LogP contribution in [0.25, 0.3) is 0 Å². The van der Waals surface area contributed by atoms with Gasteiger partial charge < -0.3 is 10.6 Å². The van der Waals surface area contributed by atoms with Crippen molar-refractivity contribution in [3.05, 3.63) is 12.2 Å². The largest absolute Gasteiger partial charge is 0.356 e. The molecule has 4 heteroatoms. The molecule has 1 saturated carbocycles. The molecule has 3 aliphatic carbocycles. The van der Waals surface area contributed by atoms with Crippen LogP contribution in [0.3, 0.4) is 0 Å². The molecule has 0 heterocycles. The molecule has 0 spiro atoms. The van der Waals surface area contributed by atoms with Gasteiger partial charge in [0.1, 0.15) is 0 Å². The van der Waals surface area contributed by atoms with Crippen LogP contribution in [-0.2, 0) is 9.59 Å². The number of amides is 2. The first kappa shape index (κ1) is 15.1. The highest BCUT2D eigenvalue weighted by molar-refractivity contribution is 5.89. The van der Waals surface area contributed by atoms with Crippen molar-refractivity contribution in [2.45, 2.75) is 39.5 Å². The standard InChI is InChI=1S/C16H26N2O2/c1-3-9-17-15(19)13-11-5-7-12(8-6-11)14(13)16(20)18-10-4-2/h5,7,11-14H,3-4,6,8-10H2,1-2H3,(H,17,19)(H,18,20). The highest BCUT2D eigenvalue weighted by Gasteiger charge is 2.47. The predicted octanol–water partition coefficient (Wildman–Crippen LogP) is 1.87. The molecule has 4 unspecified atom stereocenters. The second kappa shape index (κ2) is 6.91. The Bertz CT molecular complexity index is 356. The van der Waals surface area contributed by atoms with Crippen LogP contribution in [-0.4, -0.2) is 24.9 Å². The van der Waals surface area contributed by atoms with E-state index in [1.54, 1.807) is 0 Å². The number of allylic oxidation sites excluding steroid dienone is 2. The molecule has 2 amide bonds. The van der Waals surface area contributed by atoms with Crippen molar-refractivity contribution in [2.24, 2.45) is 23.7 Å². The molecule has 0 aliphatic heterocycles. The van der Waals surface area contributed by atoms with Crippen LogP contribution in [0.5, 0.6) is 0 Å². The molecule has 0 saturated heterocycles. The van der Waals surface area contributed by atoms with E-state index in [1.165, 1.54) is 0 Å². The van der Waals surface area contributed by atoms with Crippen molar-refractivity contribution in [3.63, 3.8) is 0 Å². The van der Waals surface area contributed by atoms with Crippen LogP contribution in [0.2, 0.25) is 0 Å². The number of carbonyl (C=O) groups is 2. The van der Waals surface area contributed by atoms with Crippen molar-refractivity contribution in [3.8, 4) is 0 Å². The van der Waals surface area contributed by atoms with E-state index in [0.717, 1.165) is 25.7 Å². The van der Waals surface area contributed by atoms with Gasteiger partial charge in [0.25, 0.3) is 0 Å². The zero-order valence-electron chi connectivity index (χ0n) is 12.5. The first-order valence-electron chi connectivity index (χ1n) is 7.92. The molecule has 0 aromatic heterocycles. The van der Waals surface area contributed by atoms with Crippen LogP contribution in [0.1, 0.15) is 39.5 Å². The van der Waals surface area contributed by atoms with E-state index in [0.29, 0.717) is 13.1 Å². The number of carbonyl (C=O) groups excluding carboxylic acids is 2. The lowest BCUT2D eigenvalue weighted by atomic mass is 9.61. The van der Waals surface area contributed by atoms with Gasteiger partial charge in [0.15, 0.2) is 0 Å². The fourth-order valence-corrected chi connectivity index (χ4v) is 3.44. The van der Waals surface area contributed by atoms with E-state index < -0.39 is 0 Å². The van der Waals surface area contributed by atoms with Crippen molar-refractivity contribution in [2.75, 3.05) is 13.1 Å². The number of fused-ring (bicyclic) bond motifs is 2. The van der Waals surface area contributed by atoms with Gasteiger partial charge in [-0.2, -0.15) is 0 Å². The maximum atomic E-state index is 12.4. The normalized spacial score (nSPS) is 31.1. The van der Waals surface area contributed by atoms with Crippen molar-refractivity contribution in [1.29, 1.82) is 0 Å². The van der Waals surface area contributed by atoms with E-state index in [-0.39, 0.29) is 35.5 Å². The summed E-state index contributed by atoms with van der Waals surface area (Å²) in [6.07, 6.45) is 8.21. The molecule has 0 aromatic rings. The molecular weight excluding hydrogens is 252 g/mol. The number of rotatable bonds is 6. The molecule has 2 bridgehead atoms. The van der Waals surface area contributed by atoms with Gasteiger partial charge in [-0.3, -0.25) is 9.59 Å². The summed E-state index contributed by atoms with van der Waals surface area (Å²) in [6, 6.07) is 0. The molecule has 3 rings (SSSR count). The molecule has 2 N–H and O–H groups in total. The fourth-order valence-electron chi connectivity index (χ4n) is 3.44.